The molecule has 0 bridgehead atoms. The first-order valence-corrected chi connectivity index (χ1v) is 4.42. The second-order valence-electron chi connectivity index (χ2n) is 3.67. The van der Waals surface area contributed by atoms with Gasteiger partial charge in [0.2, 0.25) is 0 Å². The number of carbonyl (C=O) groups is 1. The van der Waals surface area contributed by atoms with Crippen LogP contribution in [-0.2, 0) is 0 Å². The number of nitrogens with zero attached hydrogens (tertiary/aromatic N) is 2. The Bertz CT molecular complexity index is 170. The van der Waals surface area contributed by atoms with Gasteiger partial charge in [0.25, 0.3) is 0 Å². The molecule has 0 unspecified atom stereocenters. The quantitative estimate of drug-likeness (QED) is 0.489. The minimum Gasteiger partial charge on any atom is -0.323 e. The Balaban J connectivity index is 2.46. The van der Waals surface area contributed by atoms with Crippen LogP contribution in [0.3, 0.4) is 0 Å². The molecule has 1 heterocycles. The second kappa shape index (κ2) is 3.76. The van der Waals surface area contributed by atoms with Gasteiger partial charge in [0.05, 0.1) is 0 Å². The molecular weight excluding hydrogens is 154 g/mol. The highest BCUT2D eigenvalue weighted by Crippen LogP contribution is 2.07. The van der Waals surface area contributed by atoms with Crippen LogP contribution in [0.5, 0.6) is 0 Å². The molecule has 0 saturated carbocycles. The average Bonchev–Trinajstić information content (AvgIpc) is 1.98. The fraction of sp³-hybridized carbons (Fsp3) is 0.875. The van der Waals surface area contributed by atoms with E-state index in [1.807, 2.05) is 4.90 Å². The van der Waals surface area contributed by atoms with Gasteiger partial charge in [-0.15, -0.1) is 0 Å². The predicted octanol–water partition coefficient (Wildman–Crippen LogP) is 0.644. The molecule has 0 aromatic rings. The van der Waals surface area contributed by atoms with Gasteiger partial charge in [0.1, 0.15) is 0 Å². The summed E-state index contributed by atoms with van der Waals surface area (Å²) in [6, 6.07) is -0.0325. The van der Waals surface area contributed by atoms with Gasteiger partial charge in [-0.3, -0.25) is 5.01 Å². The molecule has 70 valence electrons. The van der Waals surface area contributed by atoms with Crippen molar-refractivity contribution in [3.63, 3.8) is 0 Å². The van der Waals surface area contributed by atoms with Crippen LogP contribution in [0, 0.1) is 5.92 Å². The van der Waals surface area contributed by atoms with Crippen LogP contribution in [0.2, 0.25) is 0 Å². The zero-order chi connectivity index (χ0) is 9.14. The lowest BCUT2D eigenvalue weighted by Crippen LogP contribution is -2.53. The molecule has 1 aliphatic heterocycles. The van der Waals surface area contributed by atoms with Crippen LogP contribution in [0.25, 0.3) is 0 Å². The fourth-order valence-corrected chi connectivity index (χ4v) is 1.42. The van der Waals surface area contributed by atoms with Crippen molar-refractivity contribution in [3.05, 3.63) is 0 Å². The number of rotatable bonds is 2. The molecule has 0 aromatic carbocycles. The van der Waals surface area contributed by atoms with Crippen LogP contribution < -0.4 is 5.84 Å². The van der Waals surface area contributed by atoms with E-state index in [0.717, 1.165) is 19.5 Å². The third kappa shape index (κ3) is 2.11. The maximum Gasteiger partial charge on any atom is 0.334 e. The predicted molar refractivity (Wildman–Crippen MR) is 47.3 cm³/mol. The Hall–Kier alpha value is -0.770. The Labute approximate surface area is 73.3 Å². The van der Waals surface area contributed by atoms with E-state index in [2.05, 4.69) is 13.8 Å². The molecule has 12 heavy (non-hydrogen) atoms. The Morgan fingerprint density at radius 2 is 2.17 bits per heavy atom. The molecule has 4 heteroatoms. The summed E-state index contributed by atoms with van der Waals surface area (Å²) in [6.07, 6.45) is 0.981. The molecule has 1 rings (SSSR count). The highest BCUT2D eigenvalue weighted by Gasteiger charge is 2.23. The van der Waals surface area contributed by atoms with Crippen molar-refractivity contribution in [3.8, 4) is 0 Å². The third-order valence-corrected chi connectivity index (χ3v) is 1.93. The molecule has 1 saturated heterocycles. The number of carbonyl (C=O) groups excluding carboxylic acids is 1. The maximum atomic E-state index is 11.4. The molecule has 2 N–H and O–H groups in total. The monoisotopic (exact) mass is 171 g/mol. The van der Waals surface area contributed by atoms with Crippen molar-refractivity contribution in [1.82, 2.24) is 9.91 Å². The zero-order valence-electron chi connectivity index (χ0n) is 7.79. The molecule has 4 nitrogen and oxygen atoms in total. The molecule has 0 aromatic heterocycles. The minimum atomic E-state index is -0.0325. The van der Waals surface area contributed by atoms with Crippen molar-refractivity contribution in [1.29, 1.82) is 0 Å². The van der Waals surface area contributed by atoms with Gasteiger partial charge in [-0.25, -0.2) is 10.6 Å². The van der Waals surface area contributed by atoms with Gasteiger partial charge in [-0.2, -0.15) is 0 Å². The SMILES string of the molecule is CC(C)CN1CCCN(N)C1=O. The lowest BCUT2D eigenvalue weighted by atomic mass is 10.2. The Morgan fingerprint density at radius 1 is 1.50 bits per heavy atom. The van der Waals surface area contributed by atoms with Crippen molar-refractivity contribution >= 4 is 6.03 Å². The summed E-state index contributed by atoms with van der Waals surface area (Å²) in [5, 5.41) is 1.30. The molecular formula is C8H17N3O. The van der Waals surface area contributed by atoms with E-state index >= 15 is 0 Å². The lowest BCUT2D eigenvalue weighted by molar-refractivity contribution is 0.124. The average molecular weight is 171 g/mol. The molecule has 0 atom stereocenters. The largest absolute Gasteiger partial charge is 0.334 e. The van der Waals surface area contributed by atoms with E-state index in [1.165, 1.54) is 5.01 Å². The fourth-order valence-electron chi connectivity index (χ4n) is 1.42. The van der Waals surface area contributed by atoms with Crippen LogP contribution in [-0.4, -0.2) is 35.6 Å². The summed E-state index contributed by atoms with van der Waals surface area (Å²) in [5.74, 6) is 6.00. The van der Waals surface area contributed by atoms with Gasteiger partial charge >= 0.3 is 6.03 Å². The summed E-state index contributed by atoms with van der Waals surface area (Å²) in [4.78, 5) is 13.2. The first kappa shape index (κ1) is 9.32. The Morgan fingerprint density at radius 3 is 2.75 bits per heavy atom. The van der Waals surface area contributed by atoms with Gasteiger partial charge < -0.3 is 4.90 Å². The van der Waals surface area contributed by atoms with E-state index in [4.69, 9.17) is 5.84 Å². The van der Waals surface area contributed by atoms with Crippen molar-refractivity contribution in [2.24, 2.45) is 11.8 Å². The molecule has 0 aliphatic carbocycles. The highest BCUT2D eigenvalue weighted by atomic mass is 16.2. The molecule has 0 radical (unpaired) electrons. The highest BCUT2D eigenvalue weighted by molar-refractivity contribution is 5.74. The van der Waals surface area contributed by atoms with Crippen molar-refractivity contribution in [2.45, 2.75) is 20.3 Å². The first-order chi connectivity index (χ1) is 5.61. The number of hydrogen-bond acceptors (Lipinski definition) is 2. The number of nitrogens with two attached hydrogens (primary N) is 1. The third-order valence-electron chi connectivity index (χ3n) is 1.93. The zero-order valence-corrected chi connectivity index (χ0v) is 7.79. The number of urea groups is 1. The lowest BCUT2D eigenvalue weighted by Gasteiger charge is -2.33. The van der Waals surface area contributed by atoms with Crippen LogP contribution in [0.15, 0.2) is 0 Å². The van der Waals surface area contributed by atoms with Crippen LogP contribution in [0.4, 0.5) is 4.79 Å². The van der Waals surface area contributed by atoms with E-state index < -0.39 is 0 Å². The minimum absolute atomic E-state index is 0.0325. The van der Waals surface area contributed by atoms with Gasteiger partial charge in [-0.1, -0.05) is 13.8 Å². The Kier molecular flexibility index (Phi) is 2.92. The van der Waals surface area contributed by atoms with Crippen LogP contribution in [0.1, 0.15) is 20.3 Å². The van der Waals surface area contributed by atoms with E-state index in [-0.39, 0.29) is 6.03 Å². The van der Waals surface area contributed by atoms with E-state index in [1.54, 1.807) is 0 Å². The molecule has 2 amide bonds. The van der Waals surface area contributed by atoms with Crippen molar-refractivity contribution in [2.75, 3.05) is 19.6 Å². The number of hydrogen-bond donors (Lipinski definition) is 1. The summed E-state index contributed by atoms with van der Waals surface area (Å²) >= 11 is 0. The van der Waals surface area contributed by atoms with Gasteiger partial charge in [0, 0.05) is 19.6 Å². The standard InChI is InChI=1S/C8H17N3O/c1-7(2)6-10-4-3-5-11(9)8(10)12/h7H,3-6,9H2,1-2H3. The smallest absolute Gasteiger partial charge is 0.323 e. The van der Waals surface area contributed by atoms with Crippen LogP contribution >= 0.6 is 0 Å². The van der Waals surface area contributed by atoms with E-state index in [9.17, 15) is 4.79 Å². The van der Waals surface area contributed by atoms with Gasteiger partial charge in [-0.05, 0) is 12.3 Å². The second-order valence-corrected chi connectivity index (χ2v) is 3.67. The van der Waals surface area contributed by atoms with E-state index in [0.29, 0.717) is 12.5 Å². The summed E-state index contributed by atoms with van der Waals surface area (Å²) in [6.45, 7) is 6.55. The topological polar surface area (TPSA) is 49.6 Å². The first-order valence-electron chi connectivity index (χ1n) is 4.42. The molecule has 0 spiro atoms. The van der Waals surface area contributed by atoms with Crippen molar-refractivity contribution < 1.29 is 4.79 Å². The maximum absolute atomic E-state index is 11.4. The summed E-state index contributed by atoms with van der Waals surface area (Å²) in [7, 11) is 0. The summed E-state index contributed by atoms with van der Waals surface area (Å²) in [5.41, 5.74) is 0. The summed E-state index contributed by atoms with van der Waals surface area (Å²) < 4.78 is 0. The molecule has 1 fully saturated rings. The number of amides is 2. The number of hydrazine groups is 1. The van der Waals surface area contributed by atoms with Gasteiger partial charge in [0.15, 0.2) is 0 Å². The molecule has 1 aliphatic rings. The normalized spacial score (nSPS) is 19.2.